The average molecular weight is 356 g/mol. The van der Waals surface area contributed by atoms with Crippen molar-refractivity contribution in [2.45, 2.75) is 38.5 Å². The first-order chi connectivity index (χ1) is 10.9. The molecule has 2 unspecified atom stereocenters. The van der Waals surface area contributed by atoms with Crippen LogP contribution >= 0.6 is 23.5 Å². The number of nitrogens with one attached hydrogen (secondary N) is 1. The maximum atomic E-state index is 12.4. The molecule has 1 fully saturated rings. The zero-order chi connectivity index (χ0) is 17.1. The lowest BCUT2D eigenvalue weighted by molar-refractivity contribution is -0.154. The fraction of sp³-hybridized carbons (Fsp3) is 0.533. The molecule has 2 amide bonds. The molecular weight excluding hydrogens is 336 g/mol. The van der Waals surface area contributed by atoms with Crippen molar-refractivity contribution in [1.82, 2.24) is 10.2 Å². The fourth-order valence-electron chi connectivity index (χ4n) is 2.96. The number of rotatable bonds is 7. The van der Waals surface area contributed by atoms with Crippen molar-refractivity contribution >= 4 is 41.3 Å². The maximum absolute atomic E-state index is 12.4. The number of nitrogens with zero attached hydrogens (tertiary/aromatic N) is 1. The van der Waals surface area contributed by atoms with E-state index in [2.05, 4.69) is 5.32 Å². The van der Waals surface area contributed by atoms with Crippen LogP contribution in [0.25, 0.3) is 0 Å². The Kier molecular flexibility index (Phi) is 5.80. The van der Waals surface area contributed by atoms with Crippen LogP contribution in [-0.2, 0) is 14.4 Å². The summed E-state index contributed by atoms with van der Waals surface area (Å²) in [5.41, 5.74) is 0.0856. The SMILES string of the molecule is CCSC(C)[C@H]1C(=O)N2C(C(=O)O)=C(S/C=C/NC(C)=O)CC12. The zero-order valence-electron chi connectivity index (χ0n) is 13.2. The number of hydrogen-bond acceptors (Lipinski definition) is 5. The first-order valence-electron chi connectivity index (χ1n) is 7.38. The van der Waals surface area contributed by atoms with Crippen LogP contribution in [0.2, 0.25) is 0 Å². The number of carbonyl (C=O) groups is 3. The fourth-order valence-corrected chi connectivity index (χ4v) is 4.85. The second-order valence-electron chi connectivity index (χ2n) is 5.36. The third-order valence-corrected chi connectivity index (χ3v) is 5.94. The van der Waals surface area contributed by atoms with E-state index in [9.17, 15) is 19.5 Å². The van der Waals surface area contributed by atoms with E-state index in [1.165, 1.54) is 29.8 Å². The van der Waals surface area contributed by atoms with E-state index < -0.39 is 5.97 Å². The second kappa shape index (κ2) is 7.44. The number of hydrogen-bond donors (Lipinski definition) is 2. The molecule has 0 aromatic rings. The molecule has 0 aliphatic carbocycles. The highest BCUT2D eigenvalue weighted by molar-refractivity contribution is 8.05. The lowest BCUT2D eigenvalue weighted by atomic mass is 9.85. The lowest BCUT2D eigenvalue weighted by Gasteiger charge is -2.45. The molecule has 0 radical (unpaired) electrons. The minimum Gasteiger partial charge on any atom is -0.477 e. The minimum atomic E-state index is -1.08. The van der Waals surface area contributed by atoms with Gasteiger partial charge >= 0.3 is 5.97 Å². The summed E-state index contributed by atoms with van der Waals surface area (Å²) < 4.78 is 0. The summed E-state index contributed by atoms with van der Waals surface area (Å²) in [5.74, 6) is -0.553. The van der Waals surface area contributed by atoms with Crippen LogP contribution in [0.1, 0.15) is 27.2 Å². The molecule has 23 heavy (non-hydrogen) atoms. The molecule has 3 atom stereocenters. The molecular formula is C15H20N2O4S2. The number of carbonyl (C=O) groups excluding carboxylic acids is 2. The standard InChI is InChI=1S/C15H20N2O4S2/c1-4-22-8(2)12-10-7-11(23-6-5-16-9(3)18)13(15(20)21)17(10)14(12)19/h5-6,8,10,12H,4,7H2,1-3H3,(H,16,18)(H,20,21)/b6-5+/t8?,10?,12-/m1/s1. The summed E-state index contributed by atoms with van der Waals surface area (Å²) in [4.78, 5) is 36.8. The Hall–Kier alpha value is -1.41. The maximum Gasteiger partial charge on any atom is 0.353 e. The van der Waals surface area contributed by atoms with E-state index in [1.807, 2.05) is 13.8 Å². The molecule has 0 saturated carbocycles. The van der Waals surface area contributed by atoms with Gasteiger partial charge in [0.05, 0.1) is 12.0 Å². The van der Waals surface area contributed by atoms with Crippen molar-refractivity contribution in [2.75, 3.05) is 5.75 Å². The molecule has 2 aliphatic heterocycles. The largest absolute Gasteiger partial charge is 0.477 e. The Labute approximate surface area is 143 Å². The molecule has 1 saturated heterocycles. The van der Waals surface area contributed by atoms with Crippen molar-refractivity contribution < 1.29 is 19.5 Å². The molecule has 0 aromatic carbocycles. The summed E-state index contributed by atoms with van der Waals surface area (Å²) >= 11 is 2.96. The Morgan fingerprint density at radius 2 is 2.22 bits per heavy atom. The van der Waals surface area contributed by atoms with Crippen LogP contribution in [0.4, 0.5) is 0 Å². The summed E-state index contributed by atoms with van der Waals surface area (Å²) in [6.07, 6.45) is 2.03. The van der Waals surface area contributed by atoms with E-state index in [-0.39, 0.29) is 34.7 Å². The lowest BCUT2D eigenvalue weighted by Crippen LogP contribution is -2.61. The van der Waals surface area contributed by atoms with Gasteiger partial charge in [0.25, 0.3) is 0 Å². The van der Waals surface area contributed by atoms with Crippen LogP contribution in [0, 0.1) is 5.92 Å². The van der Waals surface area contributed by atoms with Gasteiger partial charge in [-0.05, 0) is 11.2 Å². The number of aliphatic carboxylic acids is 1. The Bertz CT molecular complexity index is 588. The van der Waals surface area contributed by atoms with Crippen LogP contribution in [0.15, 0.2) is 22.2 Å². The second-order valence-corrected chi connectivity index (χ2v) is 8.02. The molecule has 0 aromatic heterocycles. The molecule has 2 aliphatic rings. The molecule has 2 N–H and O–H groups in total. The van der Waals surface area contributed by atoms with Gasteiger partial charge in [-0.2, -0.15) is 11.8 Å². The van der Waals surface area contributed by atoms with E-state index >= 15 is 0 Å². The van der Waals surface area contributed by atoms with E-state index in [4.69, 9.17) is 0 Å². The molecule has 2 heterocycles. The highest BCUT2D eigenvalue weighted by Crippen LogP contribution is 2.48. The Morgan fingerprint density at radius 1 is 1.52 bits per heavy atom. The van der Waals surface area contributed by atoms with Crippen LogP contribution in [-0.4, -0.2) is 44.8 Å². The third kappa shape index (κ3) is 3.58. The van der Waals surface area contributed by atoms with Crippen LogP contribution < -0.4 is 5.32 Å². The molecule has 8 heteroatoms. The summed E-state index contributed by atoms with van der Waals surface area (Å²) in [5, 5.41) is 13.8. The first kappa shape index (κ1) is 17.9. The average Bonchev–Trinajstić information content (AvgIpc) is 2.78. The van der Waals surface area contributed by atoms with Crippen molar-refractivity contribution in [3.8, 4) is 0 Å². The number of carboxylic acids is 1. The van der Waals surface area contributed by atoms with Gasteiger partial charge in [0.2, 0.25) is 11.8 Å². The highest BCUT2D eigenvalue weighted by Gasteiger charge is 2.56. The molecule has 0 bridgehead atoms. The molecule has 2 rings (SSSR count). The van der Waals surface area contributed by atoms with E-state index in [0.29, 0.717) is 11.3 Å². The van der Waals surface area contributed by atoms with E-state index in [0.717, 1.165) is 5.75 Å². The minimum absolute atomic E-state index is 0.0562. The smallest absolute Gasteiger partial charge is 0.353 e. The van der Waals surface area contributed by atoms with Crippen LogP contribution in [0.3, 0.4) is 0 Å². The van der Waals surface area contributed by atoms with Crippen molar-refractivity contribution in [1.29, 1.82) is 0 Å². The van der Waals surface area contributed by atoms with Crippen molar-refractivity contribution in [2.24, 2.45) is 5.92 Å². The van der Waals surface area contributed by atoms with Gasteiger partial charge in [-0.1, -0.05) is 25.6 Å². The van der Waals surface area contributed by atoms with Crippen molar-refractivity contribution in [3.63, 3.8) is 0 Å². The summed E-state index contributed by atoms with van der Waals surface area (Å²) in [7, 11) is 0. The summed E-state index contributed by atoms with van der Waals surface area (Å²) in [6.45, 7) is 5.47. The number of thioether (sulfide) groups is 2. The predicted molar refractivity (Wildman–Crippen MR) is 91.5 cm³/mol. The summed E-state index contributed by atoms with van der Waals surface area (Å²) in [6, 6.07) is -0.0562. The van der Waals surface area contributed by atoms with Crippen molar-refractivity contribution in [3.05, 3.63) is 22.2 Å². The number of amides is 2. The zero-order valence-corrected chi connectivity index (χ0v) is 14.9. The quantitative estimate of drug-likeness (QED) is 0.679. The third-order valence-electron chi connectivity index (χ3n) is 3.87. The Morgan fingerprint density at radius 3 is 2.78 bits per heavy atom. The van der Waals surface area contributed by atoms with Gasteiger partial charge in [0.15, 0.2) is 0 Å². The monoisotopic (exact) mass is 356 g/mol. The van der Waals surface area contributed by atoms with Gasteiger partial charge in [0, 0.05) is 29.7 Å². The predicted octanol–water partition coefficient (Wildman–Crippen LogP) is 2.00. The number of β-lactam (4-membered cyclic amide) rings is 1. The van der Waals surface area contributed by atoms with Gasteiger partial charge in [0.1, 0.15) is 5.70 Å². The molecule has 126 valence electrons. The van der Waals surface area contributed by atoms with Crippen LogP contribution in [0.5, 0.6) is 0 Å². The van der Waals surface area contributed by atoms with Gasteiger partial charge < -0.3 is 15.3 Å². The first-order valence-corrected chi connectivity index (χ1v) is 9.31. The number of fused-ring (bicyclic) bond motifs is 1. The Balaban J connectivity index is 2.11. The van der Waals surface area contributed by atoms with Gasteiger partial charge in [-0.15, -0.1) is 0 Å². The number of carboxylic acid groups (broad SMARTS) is 1. The topological polar surface area (TPSA) is 86.7 Å². The van der Waals surface area contributed by atoms with E-state index in [1.54, 1.807) is 17.2 Å². The highest BCUT2D eigenvalue weighted by atomic mass is 32.2. The van der Waals surface area contributed by atoms with Gasteiger partial charge in [-0.3, -0.25) is 9.59 Å². The molecule has 6 nitrogen and oxygen atoms in total. The normalized spacial score (nSPS) is 24.7. The van der Waals surface area contributed by atoms with Gasteiger partial charge in [-0.25, -0.2) is 4.79 Å². The molecule has 0 spiro atoms.